The molecule has 0 heterocycles. The maximum Gasteiger partial charge on any atom is 0.416 e. The molecule has 0 amide bonds. The topological polar surface area (TPSA) is 26.0 Å². The molecule has 0 radical (unpaired) electrons. The first kappa shape index (κ1) is 14.8. The van der Waals surface area contributed by atoms with Gasteiger partial charge in [-0.15, -0.1) is 0 Å². The lowest BCUT2D eigenvalue weighted by molar-refractivity contribution is -0.137. The normalized spacial score (nSPS) is 13.3. The van der Waals surface area contributed by atoms with Crippen LogP contribution >= 0.6 is 11.6 Å². The molecule has 6 heteroatoms. The van der Waals surface area contributed by atoms with E-state index < -0.39 is 23.6 Å². The van der Waals surface area contributed by atoms with E-state index in [0.717, 1.165) is 12.1 Å². The third-order valence-corrected chi connectivity index (χ3v) is 3.14. The van der Waals surface area contributed by atoms with Gasteiger partial charge in [0.1, 0.15) is 5.82 Å². The second-order valence-electron chi connectivity index (χ2n) is 4.26. The van der Waals surface area contributed by atoms with Crippen LogP contribution in [-0.4, -0.2) is 0 Å². The van der Waals surface area contributed by atoms with Crippen molar-refractivity contribution in [3.05, 3.63) is 70.0 Å². The fourth-order valence-corrected chi connectivity index (χ4v) is 1.93. The van der Waals surface area contributed by atoms with E-state index in [9.17, 15) is 17.6 Å². The summed E-state index contributed by atoms with van der Waals surface area (Å²) in [6.07, 6.45) is -4.58. The minimum absolute atomic E-state index is 0.000299. The van der Waals surface area contributed by atoms with Crippen molar-refractivity contribution in [2.75, 3.05) is 0 Å². The van der Waals surface area contributed by atoms with Gasteiger partial charge in [-0.3, -0.25) is 0 Å². The third-order valence-electron chi connectivity index (χ3n) is 2.89. The lowest BCUT2D eigenvalue weighted by Crippen LogP contribution is -2.15. The van der Waals surface area contributed by atoms with Crippen molar-refractivity contribution < 1.29 is 17.6 Å². The van der Waals surface area contributed by atoms with Crippen LogP contribution in [0.3, 0.4) is 0 Å². The van der Waals surface area contributed by atoms with Gasteiger partial charge in [-0.05, 0) is 29.8 Å². The van der Waals surface area contributed by atoms with Gasteiger partial charge in [0.25, 0.3) is 0 Å². The SMILES string of the molecule is NC(c1ccc(Cl)cc1)c1ccc(C(F)(F)F)cc1F. The summed E-state index contributed by atoms with van der Waals surface area (Å²) >= 11 is 5.72. The monoisotopic (exact) mass is 303 g/mol. The minimum atomic E-state index is -4.58. The molecular weight excluding hydrogens is 294 g/mol. The first-order valence-electron chi connectivity index (χ1n) is 5.66. The molecule has 106 valence electrons. The van der Waals surface area contributed by atoms with Crippen molar-refractivity contribution in [3.8, 4) is 0 Å². The van der Waals surface area contributed by atoms with Gasteiger partial charge in [0.05, 0.1) is 11.6 Å². The van der Waals surface area contributed by atoms with Crippen LogP contribution in [0.25, 0.3) is 0 Å². The molecule has 20 heavy (non-hydrogen) atoms. The molecule has 0 saturated heterocycles. The summed E-state index contributed by atoms with van der Waals surface area (Å²) in [6, 6.07) is 7.83. The molecule has 0 saturated carbocycles. The lowest BCUT2D eigenvalue weighted by Gasteiger charge is -2.15. The van der Waals surface area contributed by atoms with Crippen molar-refractivity contribution in [2.45, 2.75) is 12.2 Å². The smallest absolute Gasteiger partial charge is 0.320 e. The zero-order chi connectivity index (χ0) is 14.9. The predicted molar refractivity (Wildman–Crippen MR) is 68.9 cm³/mol. The molecule has 2 aromatic carbocycles. The number of nitrogens with two attached hydrogens (primary N) is 1. The molecule has 1 nitrogen and oxygen atoms in total. The molecule has 2 N–H and O–H groups in total. The molecular formula is C14H10ClF4N. The Hall–Kier alpha value is -1.59. The Bertz CT molecular complexity index is 608. The van der Waals surface area contributed by atoms with Crippen LogP contribution in [0.1, 0.15) is 22.7 Å². The molecule has 0 aliphatic carbocycles. The van der Waals surface area contributed by atoms with Gasteiger partial charge < -0.3 is 5.73 Å². The third kappa shape index (κ3) is 3.11. The second kappa shape index (κ2) is 5.42. The zero-order valence-corrected chi connectivity index (χ0v) is 10.8. The Kier molecular flexibility index (Phi) is 4.01. The van der Waals surface area contributed by atoms with E-state index in [4.69, 9.17) is 17.3 Å². The van der Waals surface area contributed by atoms with Crippen molar-refractivity contribution in [1.82, 2.24) is 0 Å². The molecule has 0 aliphatic rings. The van der Waals surface area contributed by atoms with E-state index in [1.807, 2.05) is 0 Å². The highest BCUT2D eigenvalue weighted by Crippen LogP contribution is 2.32. The molecule has 0 aromatic heterocycles. The van der Waals surface area contributed by atoms with E-state index in [-0.39, 0.29) is 5.56 Å². The molecule has 0 bridgehead atoms. The summed E-state index contributed by atoms with van der Waals surface area (Å²) in [4.78, 5) is 0. The van der Waals surface area contributed by atoms with E-state index in [0.29, 0.717) is 16.7 Å². The number of halogens is 5. The number of hydrogen-bond donors (Lipinski definition) is 1. The maximum absolute atomic E-state index is 13.8. The highest BCUT2D eigenvalue weighted by molar-refractivity contribution is 6.30. The summed E-state index contributed by atoms with van der Waals surface area (Å²) in [5, 5.41) is 0.494. The van der Waals surface area contributed by atoms with Crippen LogP contribution < -0.4 is 5.73 Å². The molecule has 1 atom stereocenters. The van der Waals surface area contributed by atoms with Gasteiger partial charge >= 0.3 is 6.18 Å². The standard InChI is InChI=1S/C14H10ClF4N/c15-10-4-1-8(2-5-10)13(20)11-6-3-9(7-12(11)16)14(17,18)19/h1-7,13H,20H2. The lowest BCUT2D eigenvalue weighted by atomic mass is 9.98. The van der Waals surface area contributed by atoms with Crippen LogP contribution in [0.5, 0.6) is 0 Å². The average molecular weight is 304 g/mol. The average Bonchev–Trinajstić information content (AvgIpc) is 2.37. The van der Waals surface area contributed by atoms with Crippen LogP contribution in [0.15, 0.2) is 42.5 Å². The van der Waals surface area contributed by atoms with Crippen LogP contribution in [-0.2, 0) is 6.18 Å². The van der Waals surface area contributed by atoms with Crippen molar-refractivity contribution in [2.24, 2.45) is 5.73 Å². The highest BCUT2D eigenvalue weighted by atomic mass is 35.5. The van der Waals surface area contributed by atoms with Crippen LogP contribution in [0, 0.1) is 5.82 Å². The van der Waals surface area contributed by atoms with Crippen LogP contribution in [0.4, 0.5) is 17.6 Å². The molecule has 0 aliphatic heterocycles. The number of rotatable bonds is 2. The Balaban J connectivity index is 2.36. The van der Waals surface area contributed by atoms with Crippen LogP contribution in [0.2, 0.25) is 5.02 Å². The molecule has 2 aromatic rings. The minimum Gasteiger partial charge on any atom is -0.320 e. The van der Waals surface area contributed by atoms with Gasteiger partial charge in [0, 0.05) is 10.6 Å². The maximum atomic E-state index is 13.8. The van der Waals surface area contributed by atoms with Gasteiger partial charge in [-0.25, -0.2) is 4.39 Å². The summed E-state index contributed by atoms with van der Waals surface area (Å²) in [7, 11) is 0. The van der Waals surface area contributed by atoms with E-state index in [1.54, 1.807) is 24.3 Å². The quantitative estimate of drug-likeness (QED) is 0.810. The van der Waals surface area contributed by atoms with Gasteiger partial charge in [0.15, 0.2) is 0 Å². The summed E-state index contributed by atoms with van der Waals surface area (Å²) in [5.74, 6) is -0.984. The van der Waals surface area contributed by atoms with E-state index in [1.165, 1.54) is 0 Å². The van der Waals surface area contributed by atoms with Gasteiger partial charge in [-0.2, -0.15) is 13.2 Å². The fraction of sp³-hybridized carbons (Fsp3) is 0.143. The molecule has 2 rings (SSSR count). The number of hydrogen-bond acceptors (Lipinski definition) is 1. The predicted octanol–water partition coefficient (Wildman–Crippen LogP) is 4.55. The number of benzene rings is 2. The Labute approximate surface area is 118 Å². The fourth-order valence-electron chi connectivity index (χ4n) is 1.81. The molecule has 1 unspecified atom stereocenters. The summed E-state index contributed by atoms with van der Waals surface area (Å²) in [6.45, 7) is 0. The summed E-state index contributed by atoms with van der Waals surface area (Å²) < 4.78 is 51.2. The van der Waals surface area contributed by atoms with Gasteiger partial charge in [-0.1, -0.05) is 29.8 Å². The van der Waals surface area contributed by atoms with Crippen molar-refractivity contribution in [1.29, 1.82) is 0 Å². The Morgan fingerprint density at radius 3 is 2.10 bits per heavy atom. The molecule has 0 spiro atoms. The Morgan fingerprint density at radius 1 is 1.00 bits per heavy atom. The van der Waals surface area contributed by atoms with Crippen molar-refractivity contribution >= 4 is 11.6 Å². The second-order valence-corrected chi connectivity index (χ2v) is 4.70. The zero-order valence-electron chi connectivity index (χ0n) is 10.1. The summed E-state index contributed by atoms with van der Waals surface area (Å²) in [5.41, 5.74) is 5.39. The van der Waals surface area contributed by atoms with Gasteiger partial charge in [0.2, 0.25) is 0 Å². The first-order valence-corrected chi connectivity index (χ1v) is 6.04. The number of alkyl halides is 3. The van der Waals surface area contributed by atoms with E-state index >= 15 is 0 Å². The first-order chi connectivity index (χ1) is 9.29. The van der Waals surface area contributed by atoms with E-state index in [2.05, 4.69) is 0 Å². The Morgan fingerprint density at radius 2 is 1.60 bits per heavy atom. The van der Waals surface area contributed by atoms with Crippen molar-refractivity contribution in [3.63, 3.8) is 0 Å². The molecule has 0 fully saturated rings. The highest BCUT2D eigenvalue weighted by Gasteiger charge is 2.31. The largest absolute Gasteiger partial charge is 0.416 e.